The smallest absolute Gasteiger partial charge is 0.253 e. The van der Waals surface area contributed by atoms with Crippen LogP contribution in [-0.2, 0) is 13.2 Å². The second kappa shape index (κ2) is 16.5. The SMILES string of the molecule is COc1cc(C(=O)N(C)CC(CCN2CCCN(c3nc4ccccc4n3Cc3ccc(CO)o3)CC2)c2ccc(Cl)cc2)cc(OC)c1OC. The van der Waals surface area contributed by atoms with E-state index in [0.29, 0.717) is 46.7 Å². The highest BCUT2D eigenvalue weighted by Crippen LogP contribution is 2.38. The molecule has 1 atom stereocenters. The summed E-state index contributed by atoms with van der Waals surface area (Å²) in [5, 5.41) is 10.2. The summed E-state index contributed by atoms with van der Waals surface area (Å²) in [4.78, 5) is 25.5. The summed E-state index contributed by atoms with van der Waals surface area (Å²) in [5.41, 5.74) is 3.59. The molecule has 3 aromatic carbocycles. The third-order valence-corrected chi connectivity index (χ3v) is 9.83. The molecule has 6 rings (SSSR count). The van der Waals surface area contributed by atoms with Crippen molar-refractivity contribution >= 4 is 34.5 Å². The zero-order chi connectivity index (χ0) is 35.9. The molecule has 1 amide bonds. The van der Waals surface area contributed by atoms with Crippen LogP contribution in [0.2, 0.25) is 5.02 Å². The summed E-state index contributed by atoms with van der Waals surface area (Å²) < 4.78 is 24.5. The summed E-state index contributed by atoms with van der Waals surface area (Å²) in [6, 6.07) is 23.2. The van der Waals surface area contributed by atoms with Gasteiger partial charge in [0.2, 0.25) is 11.7 Å². The fraction of sp³-hybridized carbons (Fsp3) is 0.385. The maximum Gasteiger partial charge on any atom is 0.253 e. The summed E-state index contributed by atoms with van der Waals surface area (Å²) in [6.07, 6.45) is 1.85. The van der Waals surface area contributed by atoms with Crippen LogP contribution in [-0.4, -0.2) is 98.0 Å². The number of rotatable bonds is 14. The lowest BCUT2D eigenvalue weighted by Gasteiger charge is -2.28. The number of aliphatic hydroxyl groups excluding tert-OH is 1. The molecule has 12 heteroatoms. The number of para-hydroxylation sites is 2. The number of halogens is 1. The number of carbonyl (C=O) groups is 1. The number of aliphatic hydroxyl groups is 1. The van der Waals surface area contributed by atoms with Gasteiger partial charge in [0.1, 0.15) is 18.1 Å². The van der Waals surface area contributed by atoms with Gasteiger partial charge < -0.3 is 43.0 Å². The summed E-state index contributed by atoms with van der Waals surface area (Å²) in [6.45, 7) is 5.35. The van der Waals surface area contributed by atoms with Crippen LogP contribution in [0.3, 0.4) is 0 Å². The number of likely N-dealkylation sites (N-methyl/N-ethyl adjacent to an activating group) is 1. The van der Waals surface area contributed by atoms with Gasteiger partial charge in [-0.1, -0.05) is 35.9 Å². The van der Waals surface area contributed by atoms with Crippen molar-refractivity contribution in [3.63, 3.8) is 0 Å². The van der Waals surface area contributed by atoms with Crippen molar-refractivity contribution in [2.75, 3.05) is 72.5 Å². The van der Waals surface area contributed by atoms with Gasteiger partial charge in [0.25, 0.3) is 5.91 Å². The Morgan fingerprint density at radius 2 is 1.67 bits per heavy atom. The number of nitrogens with zero attached hydrogens (tertiary/aromatic N) is 5. The van der Waals surface area contributed by atoms with Crippen molar-refractivity contribution in [3.05, 3.63) is 100 Å². The maximum atomic E-state index is 13.8. The fourth-order valence-electron chi connectivity index (χ4n) is 6.88. The van der Waals surface area contributed by atoms with Crippen molar-refractivity contribution < 1.29 is 28.5 Å². The molecule has 0 spiro atoms. The lowest BCUT2D eigenvalue weighted by molar-refractivity contribution is 0.0782. The number of anilines is 1. The van der Waals surface area contributed by atoms with E-state index >= 15 is 0 Å². The molecule has 0 aliphatic carbocycles. The van der Waals surface area contributed by atoms with Crippen LogP contribution < -0.4 is 19.1 Å². The third kappa shape index (κ3) is 8.27. The Kier molecular flexibility index (Phi) is 11.7. The highest BCUT2D eigenvalue weighted by molar-refractivity contribution is 6.30. The number of hydrogen-bond donors (Lipinski definition) is 1. The Labute approximate surface area is 303 Å². The topological polar surface area (TPSA) is 106 Å². The normalized spacial score (nSPS) is 14.4. The molecule has 1 unspecified atom stereocenters. The molecule has 51 heavy (non-hydrogen) atoms. The first-order valence-electron chi connectivity index (χ1n) is 17.2. The lowest BCUT2D eigenvalue weighted by atomic mass is 9.94. The van der Waals surface area contributed by atoms with Crippen molar-refractivity contribution in [1.29, 1.82) is 0 Å². The van der Waals surface area contributed by atoms with Gasteiger partial charge in [0.05, 0.1) is 38.9 Å². The predicted molar refractivity (Wildman–Crippen MR) is 199 cm³/mol. The number of amides is 1. The third-order valence-electron chi connectivity index (χ3n) is 9.58. The molecule has 1 saturated heterocycles. The van der Waals surface area contributed by atoms with E-state index in [0.717, 1.165) is 73.9 Å². The molecule has 3 heterocycles. The van der Waals surface area contributed by atoms with Crippen molar-refractivity contribution in [2.45, 2.75) is 31.9 Å². The minimum Gasteiger partial charge on any atom is -0.493 e. The number of methoxy groups -OCH3 is 3. The van der Waals surface area contributed by atoms with Crippen LogP contribution in [0.25, 0.3) is 11.0 Å². The molecule has 5 aromatic rings. The van der Waals surface area contributed by atoms with Gasteiger partial charge in [-0.15, -0.1) is 0 Å². The molecule has 0 bridgehead atoms. The molecule has 1 aliphatic heterocycles. The fourth-order valence-corrected chi connectivity index (χ4v) is 7.00. The van der Waals surface area contributed by atoms with E-state index in [2.05, 4.69) is 32.6 Å². The maximum absolute atomic E-state index is 13.8. The molecule has 270 valence electrons. The number of benzene rings is 3. The molecule has 1 fully saturated rings. The van der Waals surface area contributed by atoms with Crippen molar-refractivity contribution in [1.82, 2.24) is 19.4 Å². The quantitative estimate of drug-likeness (QED) is 0.142. The zero-order valence-corrected chi connectivity index (χ0v) is 30.4. The molecule has 1 N–H and O–H groups in total. The molecule has 1 aliphatic rings. The van der Waals surface area contributed by atoms with Crippen molar-refractivity contribution in [3.8, 4) is 17.2 Å². The van der Waals surface area contributed by atoms with Gasteiger partial charge in [-0.05, 0) is 80.0 Å². The first kappa shape index (κ1) is 36.1. The zero-order valence-electron chi connectivity index (χ0n) is 29.7. The van der Waals surface area contributed by atoms with Crippen LogP contribution in [0.1, 0.15) is 46.2 Å². The van der Waals surface area contributed by atoms with E-state index in [-0.39, 0.29) is 18.4 Å². The minimum atomic E-state index is -0.136. The summed E-state index contributed by atoms with van der Waals surface area (Å²) >= 11 is 6.27. The Balaban J connectivity index is 1.15. The van der Waals surface area contributed by atoms with Gasteiger partial charge in [-0.2, -0.15) is 0 Å². The Morgan fingerprint density at radius 3 is 2.35 bits per heavy atom. The van der Waals surface area contributed by atoms with Gasteiger partial charge in [-0.25, -0.2) is 4.98 Å². The number of aromatic nitrogens is 2. The second-order valence-electron chi connectivity index (χ2n) is 12.8. The largest absolute Gasteiger partial charge is 0.493 e. The second-order valence-corrected chi connectivity index (χ2v) is 13.3. The average molecular weight is 716 g/mol. The van der Waals surface area contributed by atoms with Gasteiger partial charge in [0.15, 0.2) is 11.5 Å². The number of imidazole rings is 1. The molecular formula is C39H46ClN5O6. The monoisotopic (exact) mass is 715 g/mol. The molecule has 2 aromatic heterocycles. The van der Waals surface area contributed by atoms with Gasteiger partial charge in [0, 0.05) is 49.7 Å². The van der Waals surface area contributed by atoms with Crippen LogP contribution in [0.15, 0.2) is 77.2 Å². The first-order chi connectivity index (χ1) is 24.8. The standard InChI is InChI=1S/C39H46ClN5O6/c1-42(38(47)29-22-35(48-2)37(50-4)36(23-29)49-3)24-28(27-10-12-30(40)13-11-27)16-19-43-17-7-18-44(21-20-43)39-41-33-8-5-6-9-34(33)45(39)25-31-14-15-32(26-46)51-31/h5-6,8-15,22-23,28,46H,7,16-21,24-26H2,1-4H3. The highest BCUT2D eigenvalue weighted by atomic mass is 35.5. The Bertz CT molecular complexity index is 1900. The summed E-state index contributed by atoms with van der Waals surface area (Å²) in [5.74, 6) is 3.52. The highest BCUT2D eigenvalue weighted by Gasteiger charge is 2.25. The van der Waals surface area contributed by atoms with E-state index in [1.165, 1.54) is 0 Å². The van der Waals surface area contributed by atoms with Crippen LogP contribution in [0, 0.1) is 0 Å². The van der Waals surface area contributed by atoms with Gasteiger partial charge in [-0.3, -0.25) is 4.79 Å². The Hall–Kier alpha value is -4.71. The average Bonchev–Trinajstić information content (AvgIpc) is 3.69. The molecule has 11 nitrogen and oxygen atoms in total. The van der Waals surface area contributed by atoms with E-state index in [9.17, 15) is 9.90 Å². The first-order valence-corrected chi connectivity index (χ1v) is 17.6. The van der Waals surface area contributed by atoms with Crippen molar-refractivity contribution in [2.24, 2.45) is 0 Å². The van der Waals surface area contributed by atoms with E-state index in [4.69, 9.17) is 35.2 Å². The summed E-state index contributed by atoms with van der Waals surface area (Å²) in [7, 11) is 6.45. The molecule has 0 saturated carbocycles. The van der Waals surface area contributed by atoms with Gasteiger partial charge >= 0.3 is 0 Å². The van der Waals surface area contributed by atoms with Crippen LogP contribution in [0.5, 0.6) is 17.2 Å². The predicted octanol–water partition coefficient (Wildman–Crippen LogP) is 6.31. The number of furan rings is 1. The number of hydrogen-bond acceptors (Lipinski definition) is 9. The van der Waals surface area contributed by atoms with E-state index in [1.54, 1.807) is 38.4 Å². The van der Waals surface area contributed by atoms with E-state index in [1.807, 2.05) is 49.5 Å². The Morgan fingerprint density at radius 1 is 0.941 bits per heavy atom. The van der Waals surface area contributed by atoms with E-state index < -0.39 is 0 Å². The van der Waals surface area contributed by atoms with Crippen LogP contribution >= 0.6 is 11.6 Å². The molecular weight excluding hydrogens is 670 g/mol. The number of ether oxygens (including phenoxy) is 3. The molecule has 0 radical (unpaired) electrons. The lowest BCUT2D eigenvalue weighted by Crippen LogP contribution is -2.35. The number of fused-ring (bicyclic) bond motifs is 1. The number of carbonyl (C=O) groups excluding carboxylic acids is 1. The van der Waals surface area contributed by atoms with Crippen LogP contribution in [0.4, 0.5) is 5.95 Å². The minimum absolute atomic E-state index is 0.0823.